The Morgan fingerprint density at radius 3 is 2.64 bits per heavy atom. The Bertz CT molecular complexity index is 1700. The van der Waals surface area contributed by atoms with E-state index >= 15 is 0 Å². The second kappa shape index (κ2) is 11.1. The summed E-state index contributed by atoms with van der Waals surface area (Å²) in [6, 6.07) is 14.5. The van der Waals surface area contributed by atoms with Crippen LogP contribution in [-0.4, -0.2) is 31.3 Å². The van der Waals surface area contributed by atoms with Crippen LogP contribution in [0, 0.1) is 17.1 Å². The monoisotopic (exact) mass is 570 g/mol. The number of carbonyl (C=O) groups excluding carboxylic acids is 3. The van der Waals surface area contributed by atoms with Crippen LogP contribution in [0.4, 0.5) is 14.9 Å². The molecule has 11 nitrogen and oxygen atoms in total. The molecule has 3 heterocycles. The van der Waals surface area contributed by atoms with Gasteiger partial charge in [0.1, 0.15) is 18.2 Å². The molecular weight excluding hydrogens is 547 g/mol. The van der Waals surface area contributed by atoms with Crippen molar-refractivity contribution in [1.82, 2.24) is 10.6 Å². The van der Waals surface area contributed by atoms with Crippen LogP contribution >= 0.6 is 0 Å². The summed E-state index contributed by atoms with van der Waals surface area (Å²) in [6.07, 6.45) is 0.705. The van der Waals surface area contributed by atoms with Crippen molar-refractivity contribution in [3.05, 3.63) is 93.9 Å². The fourth-order valence-corrected chi connectivity index (χ4v) is 4.98. The van der Waals surface area contributed by atoms with Crippen LogP contribution in [0.15, 0.2) is 65.9 Å². The molecule has 3 aromatic carbocycles. The number of hydrogen-bond donors (Lipinski definition) is 3. The van der Waals surface area contributed by atoms with Crippen LogP contribution in [-0.2, 0) is 27.4 Å². The molecule has 3 amide bonds. The minimum Gasteiger partial charge on any atom is -0.482 e. The maximum Gasteiger partial charge on any atom is 0.338 e. The molecular formula is C30H23FN4O7. The van der Waals surface area contributed by atoms with Gasteiger partial charge in [-0.1, -0.05) is 12.1 Å². The highest BCUT2D eigenvalue weighted by Gasteiger charge is 2.34. The molecule has 212 valence electrons. The summed E-state index contributed by atoms with van der Waals surface area (Å²) in [7, 11) is 0. The molecule has 3 N–H and O–H groups in total. The zero-order chi connectivity index (χ0) is 29.2. The number of halogens is 1. The van der Waals surface area contributed by atoms with Gasteiger partial charge in [0.05, 0.1) is 28.9 Å². The summed E-state index contributed by atoms with van der Waals surface area (Å²) in [5, 5.41) is 17.4. The predicted molar refractivity (Wildman–Crippen MR) is 144 cm³/mol. The number of amides is 3. The molecule has 1 atom stereocenters. The summed E-state index contributed by atoms with van der Waals surface area (Å²) in [4.78, 5) is 38.4. The van der Waals surface area contributed by atoms with Crippen molar-refractivity contribution in [2.45, 2.75) is 25.5 Å². The Hall–Kier alpha value is -5.57. The number of nitrogens with zero attached hydrogens (tertiary/aromatic N) is 1. The Morgan fingerprint density at radius 1 is 0.952 bits per heavy atom. The number of nitriles is 1. The van der Waals surface area contributed by atoms with Crippen LogP contribution in [0.5, 0.6) is 17.2 Å². The molecule has 3 aliphatic heterocycles. The van der Waals surface area contributed by atoms with Gasteiger partial charge in [-0.3, -0.25) is 4.79 Å². The van der Waals surface area contributed by atoms with E-state index in [0.717, 1.165) is 11.6 Å². The second-order valence-corrected chi connectivity index (χ2v) is 9.74. The second-order valence-electron chi connectivity index (χ2n) is 9.74. The normalized spacial score (nSPS) is 16.8. The van der Waals surface area contributed by atoms with Crippen LogP contribution in [0.3, 0.4) is 0 Å². The van der Waals surface area contributed by atoms with Crippen molar-refractivity contribution in [1.29, 1.82) is 5.26 Å². The van der Waals surface area contributed by atoms with Crippen LogP contribution in [0.1, 0.15) is 34.7 Å². The Labute approximate surface area is 238 Å². The van der Waals surface area contributed by atoms with E-state index in [1.807, 2.05) is 18.2 Å². The van der Waals surface area contributed by atoms with E-state index in [4.69, 9.17) is 24.2 Å². The molecule has 0 saturated heterocycles. The van der Waals surface area contributed by atoms with E-state index in [1.54, 1.807) is 24.3 Å². The van der Waals surface area contributed by atoms with E-state index in [0.29, 0.717) is 46.2 Å². The van der Waals surface area contributed by atoms with Gasteiger partial charge in [-0.25, -0.2) is 14.0 Å². The van der Waals surface area contributed by atoms with Gasteiger partial charge in [0.2, 0.25) is 6.79 Å². The molecule has 0 aliphatic carbocycles. The first kappa shape index (κ1) is 26.6. The number of anilines is 1. The lowest BCUT2D eigenvalue weighted by molar-refractivity contribution is -0.140. The van der Waals surface area contributed by atoms with Crippen LogP contribution in [0.25, 0.3) is 0 Å². The first-order chi connectivity index (χ1) is 20.4. The number of fused-ring (bicyclic) bond motifs is 2. The van der Waals surface area contributed by atoms with Gasteiger partial charge in [0.15, 0.2) is 18.1 Å². The third kappa shape index (κ3) is 5.53. The highest BCUT2D eigenvalue weighted by molar-refractivity contribution is 5.97. The van der Waals surface area contributed by atoms with Gasteiger partial charge in [-0.05, 0) is 72.0 Å². The Morgan fingerprint density at radius 2 is 1.79 bits per heavy atom. The Balaban J connectivity index is 1.33. The fraction of sp³-hybridized carbons (Fsp3) is 0.200. The van der Waals surface area contributed by atoms with Gasteiger partial charge in [0.25, 0.3) is 5.91 Å². The Kier molecular flexibility index (Phi) is 7.06. The third-order valence-electron chi connectivity index (χ3n) is 6.90. The molecule has 12 heteroatoms. The minimum absolute atomic E-state index is 0.0903. The van der Waals surface area contributed by atoms with Crippen molar-refractivity contribution in [3.8, 4) is 23.3 Å². The fourth-order valence-electron chi connectivity index (χ4n) is 4.98. The van der Waals surface area contributed by atoms with E-state index < -0.39 is 23.9 Å². The smallest absolute Gasteiger partial charge is 0.338 e. The number of hydrogen-bond acceptors (Lipinski definition) is 8. The number of nitrogens with one attached hydrogen (secondary N) is 3. The quantitative estimate of drug-likeness (QED) is 0.364. The molecule has 0 saturated carbocycles. The first-order valence-electron chi connectivity index (χ1n) is 13.0. The molecule has 0 radical (unpaired) electrons. The molecule has 1 unspecified atom stereocenters. The van der Waals surface area contributed by atoms with Crippen molar-refractivity contribution in [2.75, 3.05) is 18.7 Å². The van der Waals surface area contributed by atoms with E-state index in [9.17, 15) is 18.8 Å². The van der Waals surface area contributed by atoms with Crippen molar-refractivity contribution in [2.24, 2.45) is 0 Å². The van der Waals surface area contributed by atoms with Gasteiger partial charge < -0.3 is 34.9 Å². The lowest BCUT2D eigenvalue weighted by Gasteiger charge is -2.30. The zero-order valence-corrected chi connectivity index (χ0v) is 22.0. The van der Waals surface area contributed by atoms with Gasteiger partial charge in [-0.2, -0.15) is 5.26 Å². The first-order valence-corrected chi connectivity index (χ1v) is 13.0. The van der Waals surface area contributed by atoms with Crippen molar-refractivity contribution >= 4 is 23.6 Å². The average molecular weight is 571 g/mol. The zero-order valence-electron chi connectivity index (χ0n) is 22.0. The van der Waals surface area contributed by atoms with E-state index in [-0.39, 0.29) is 43.5 Å². The van der Waals surface area contributed by atoms with Crippen LogP contribution < -0.4 is 30.2 Å². The standard InChI is InChI=1S/C30H23FN4O7/c31-20-8-17(12-32)7-18(9-20)13-40-29(37)27-21(4-1-16-2-5-24-25(10-16)42-15-41-24)34-30(38)35-28(27)19-3-6-23-22(11-19)33-26(36)14-39-23/h2-3,5-11,28H,1,4,13-15H2,(H,33,36)(H2,34,35,38). The number of esters is 1. The van der Waals surface area contributed by atoms with Crippen molar-refractivity contribution in [3.63, 3.8) is 0 Å². The summed E-state index contributed by atoms with van der Waals surface area (Å²) in [5.74, 6) is -0.0219. The molecule has 0 spiro atoms. The molecule has 0 aromatic heterocycles. The molecule has 6 rings (SSSR count). The highest BCUT2D eigenvalue weighted by atomic mass is 19.1. The summed E-state index contributed by atoms with van der Waals surface area (Å²) >= 11 is 0. The lowest BCUT2D eigenvalue weighted by Crippen LogP contribution is -2.46. The lowest BCUT2D eigenvalue weighted by atomic mass is 9.92. The molecule has 3 aromatic rings. The number of carbonyl (C=O) groups is 3. The maximum absolute atomic E-state index is 14.0. The number of urea groups is 1. The topological polar surface area (TPSA) is 148 Å². The number of aryl methyl sites for hydroxylation is 1. The number of ether oxygens (including phenoxy) is 4. The molecule has 0 fully saturated rings. The summed E-state index contributed by atoms with van der Waals surface area (Å²) < 4.78 is 35.8. The molecule has 42 heavy (non-hydrogen) atoms. The predicted octanol–water partition coefficient (Wildman–Crippen LogP) is 3.74. The minimum atomic E-state index is -0.940. The third-order valence-corrected chi connectivity index (χ3v) is 6.90. The SMILES string of the molecule is N#Cc1cc(F)cc(COC(=O)C2=C(CCc3ccc4c(c3)OCO4)NC(=O)NC2c2ccc3c(c2)NC(=O)CO3)c1. The van der Waals surface area contributed by atoms with Gasteiger partial charge >= 0.3 is 12.0 Å². The number of allylic oxidation sites excluding steroid dienone is 1. The van der Waals surface area contributed by atoms with E-state index in [1.165, 1.54) is 12.1 Å². The maximum atomic E-state index is 14.0. The number of benzene rings is 3. The highest BCUT2D eigenvalue weighted by Crippen LogP contribution is 2.36. The summed E-state index contributed by atoms with van der Waals surface area (Å²) in [5.41, 5.74) is 2.64. The largest absolute Gasteiger partial charge is 0.482 e. The molecule has 0 bridgehead atoms. The van der Waals surface area contributed by atoms with Crippen molar-refractivity contribution < 1.29 is 37.7 Å². The average Bonchev–Trinajstić information content (AvgIpc) is 3.46. The number of rotatable bonds is 7. The van der Waals surface area contributed by atoms with Gasteiger partial charge in [-0.15, -0.1) is 0 Å². The van der Waals surface area contributed by atoms with Crippen LogP contribution in [0.2, 0.25) is 0 Å². The summed E-state index contributed by atoms with van der Waals surface area (Å²) in [6.45, 7) is -0.290. The van der Waals surface area contributed by atoms with E-state index in [2.05, 4.69) is 16.0 Å². The molecule has 3 aliphatic rings. The van der Waals surface area contributed by atoms with Gasteiger partial charge in [0, 0.05) is 5.70 Å².